The van der Waals surface area contributed by atoms with Crippen molar-refractivity contribution in [3.63, 3.8) is 0 Å². The van der Waals surface area contributed by atoms with E-state index in [2.05, 4.69) is 0 Å². The second kappa shape index (κ2) is 4.73. The Morgan fingerprint density at radius 1 is 0.632 bits per heavy atom. The maximum absolute atomic E-state index is 10.7. The fraction of sp³-hybridized carbons (Fsp3) is 1.00. The summed E-state index contributed by atoms with van der Waals surface area (Å²) in [5.41, 5.74) is 0. The minimum absolute atomic E-state index is 0.0348. The third-order valence-electron chi connectivity index (χ3n) is 7.13. The largest absolute Gasteiger partial charge is 0.393 e. The fourth-order valence-electron chi connectivity index (χ4n) is 6.48. The second-order valence-corrected chi connectivity index (χ2v) is 7.87. The van der Waals surface area contributed by atoms with E-state index in [0.29, 0.717) is 11.8 Å². The highest BCUT2D eigenvalue weighted by Crippen LogP contribution is 2.57. The van der Waals surface area contributed by atoms with Crippen molar-refractivity contribution >= 4 is 0 Å². The lowest BCUT2D eigenvalue weighted by Crippen LogP contribution is -2.51. The molecule has 0 radical (unpaired) electrons. The Kier molecular flexibility index (Phi) is 3.15. The molecule has 2 nitrogen and oxygen atoms in total. The van der Waals surface area contributed by atoms with Crippen LogP contribution in [-0.4, -0.2) is 22.4 Å². The van der Waals surface area contributed by atoms with E-state index in [9.17, 15) is 10.2 Å². The summed E-state index contributed by atoms with van der Waals surface area (Å²) in [4.78, 5) is 0. The van der Waals surface area contributed by atoms with Gasteiger partial charge >= 0.3 is 0 Å². The summed E-state index contributed by atoms with van der Waals surface area (Å²) in [6, 6.07) is 0. The fourth-order valence-corrected chi connectivity index (χ4v) is 6.48. The van der Waals surface area contributed by atoms with Crippen molar-refractivity contribution in [1.82, 2.24) is 0 Å². The highest BCUT2D eigenvalue weighted by molar-refractivity contribution is 5.02. The summed E-state index contributed by atoms with van der Waals surface area (Å²) in [6.45, 7) is 0. The minimum Gasteiger partial charge on any atom is -0.393 e. The zero-order valence-electron chi connectivity index (χ0n) is 11.9. The standard InChI is InChI=1S/C17H28O2/c18-12-5-7-14-11(8-12)4-6-15-13-3-1-2-10(13)9-16(19)17(14)15/h10-19H,1-9H2. The number of hydrogen-bond donors (Lipinski definition) is 2. The molecule has 2 heteroatoms. The molecule has 8 atom stereocenters. The number of rotatable bonds is 0. The monoisotopic (exact) mass is 264 g/mol. The van der Waals surface area contributed by atoms with Crippen LogP contribution in [0.15, 0.2) is 0 Å². The van der Waals surface area contributed by atoms with Gasteiger partial charge in [-0.3, -0.25) is 0 Å². The molecule has 0 aliphatic heterocycles. The first-order chi connectivity index (χ1) is 9.24. The Bertz CT molecular complexity index is 342. The van der Waals surface area contributed by atoms with E-state index in [1.54, 1.807) is 0 Å². The average molecular weight is 264 g/mol. The molecule has 0 aromatic rings. The molecule has 0 aromatic heterocycles. The predicted molar refractivity (Wildman–Crippen MR) is 74.5 cm³/mol. The highest BCUT2D eigenvalue weighted by atomic mass is 16.3. The van der Waals surface area contributed by atoms with Gasteiger partial charge in [0.2, 0.25) is 0 Å². The molecule has 0 amide bonds. The maximum Gasteiger partial charge on any atom is 0.0576 e. The van der Waals surface area contributed by atoms with Crippen LogP contribution in [-0.2, 0) is 0 Å². The summed E-state index contributed by atoms with van der Waals surface area (Å²) in [5, 5.41) is 20.6. The van der Waals surface area contributed by atoms with Crippen molar-refractivity contribution in [2.24, 2.45) is 35.5 Å². The summed E-state index contributed by atoms with van der Waals surface area (Å²) in [7, 11) is 0. The zero-order chi connectivity index (χ0) is 13.0. The van der Waals surface area contributed by atoms with E-state index >= 15 is 0 Å². The van der Waals surface area contributed by atoms with Crippen molar-refractivity contribution in [1.29, 1.82) is 0 Å². The highest BCUT2D eigenvalue weighted by Gasteiger charge is 2.52. The van der Waals surface area contributed by atoms with Gasteiger partial charge in [-0.2, -0.15) is 0 Å². The van der Waals surface area contributed by atoms with Gasteiger partial charge < -0.3 is 10.2 Å². The van der Waals surface area contributed by atoms with Crippen molar-refractivity contribution in [3.05, 3.63) is 0 Å². The van der Waals surface area contributed by atoms with Gasteiger partial charge in [-0.15, -0.1) is 0 Å². The summed E-state index contributed by atoms with van der Waals surface area (Å²) < 4.78 is 0. The molecule has 2 N–H and O–H groups in total. The lowest BCUT2D eigenvalue weighted by Gasteiger charge is -2.54. The van der Waals surface area contributed by atoms with E-state index < -0.39 is 0 Å². The molecular formula is C17H28O2. The molecule has 0 bridgehead atoms. The molecule has 19 heavy (non-hydrogen) atoms. The van der Waals surface area contributed by atoms with Gasteiger partial charge in [-0.25, -0.2) is 0 Å². The molecule has 0 spiro atoms. The normalized spacial score (nSPS) is 57.2. The maximum atomic E-state index is 10.7. The van der Waals surface area contributed by atoms with Gasteiger partial charge in [0.1, 0.15) is 0 Å². The first-order valence-electron chi connectivity index (χ1n) is 8.60. The molecule has 0 heterocycles. The smallest absolute Gasteiger partial charge is 0.0576 e. The van der Waals surface area contributed by atoms with Gasteiger partial charge in [0.05, 0.1) is 12.2 Å². The molecule has 4 aliphatic rings. The average Bonchev–Trinajstić information content (AvgIpc) is 2.86. The SMILES string of the molecule is OC1CCC2C(CCC3C4CCCC4CC(O)C23)C1. The third kappa shape index (κ3) is 1.98. The van der Waals surface area contributed by atoms with Crippen LogP contribution < -0.4 is 0 Å². The quantitative estimate of drug-likeness (QED) is 0.706. The Labute approximate surface area is 116 Å². The van der Waals surface area contributed by atoms with Crippen LogP contribution in [0.4, 0.5) is 0 Å². The van der Waals surface area contributed by atoms with Crippen LogP contribution in [0, 0.1) is 35.5 Å². The first-order valence-corrected chi connectivity index (χ1v) is 8.60. The van der Waals surface area contributed by atoms with Crippen LogP contribution in [0.5, 0.6) is 0 Å². The van der Waals surface area contributed by atoms with Gasteiger partial charge in [-0.1, -0.05) is 12.8 Å². The van der Waals surface area contributed by atoms with Gasteiger partial charge in [0, 0.05) is 0 Å². The van der Waals surface area contributed by atoms with Crippen molar-refractivity contribution in [2.75, 3.05) is 0 Å². The van der Waals surface area contributed by atoms with E-state index in [0.717, 1.165) is 42.9 Å². The Hall–Kier alpha value is -0.0800. The van der Waals surface area contributed by atoms with Gasteiger partial charge in [0.25, 0.3) is 0 Å². The lowest BCUT2D eigenvalue weighted by molar-refractivity contribution is -0.108. The molecule has 4 rings (SSSR count). The minimum atomic E-state index is -0.0576. The third-order valence-corrected chi connectivity index (χ3v) is 7.13. The number of aliphatic hydroxyl groups excluding tert-OH is 2. The van der Waals surface area contributed by atoms with Gasteiger partial charge in [0.15, 0.2) is 0 Å². The Morgan fingerprint density at radius 2 is 1.42 bits per heavy atom. The van der Waals surface area contributed by atoms with E-state index in [-0.39, 0.29) is 12.2 Å². The Balaban J connectivity index is 1.58. The van der Waals surface area contributed by atoms with Gasteiger partial charge in [-0.05, 0) is 80.5 Å². The molecule has 8 unspecified atom stereocenters. The van der Waals surface area contributed by atoms with Crippen LogP contribution in [0.1, 0.15) is 57.8 Å². The van der Waals surface area contributed by atoms with E-state index in [1.807, 2.05) is 0 Å². The molecule has 4 fully saturated rings. The van der Waals surface area contributed by atoms with E-state index in [1.165, 1.54) is 38.5 Å². The number of aliphatic hydroxyl groups is 2. The summed E-state index contributed by atoms with van der Waals surface area (Å²) in [5.74, 6) is 4.58. The lowest BCUT2D eigenvalue weighted by atomic mass is 9.53. The van der Waals surface area contributed by atoms with Crippen molar-refractivity contribution in [3.8, 4) is 0 Å². The molecule has 108 valence electrons. The summed E-state index contributed by atoms with van der Waals surface area (Å²) >= 11 is 0. The first kappa shape index (κ1) is 12.6. The zero-order valence-corrected chi connectivity index (χ0v) is 11.9. The second-order valence-electron chi connectivity index (χ2n) is 7.87. The van der Waals surface area contributed by atoms with Crippen LogP contribution in [0.2, 0.25) is 0 Å². The molecule has 4 saturated carbocycles. The van der Waals surface area contributed by atoms with E-state index in [4.69, 9.17) is 0 Å². The van der Waals surface area contributed by atoms with Crippen LogP contribution >= 0.6 is 0 Å². The van der Waals surface area contributed by atoms with Crippen molar-refractivity contribution in [2.45, 2.75) is 70.0 Å². The van der Waals surface area contributed by atoms with Crippen LogP contribution in [0.25, 0.3) is 0 Å². The molecule has 0 saturated heterocycles. The predicted octanol–water partition coefficient (Wildman–Crippen LogP) is 2.97. The summed E-state index contributed by atoms with van der Waals surface area (Å²) in [6.07, 6.45) is 11.0. The molecular weight excluding hydrogens is 236 g/mol. The number of hydrogen-bond acceptors (Lipinski definition) is 2. The van der Waals surface area contributed by atoms with Crippen LogP contribution in [0.3, 0.4) is 0 Å². The topological polar surface area (TPSA) is 40.5 Å². The number of fused-ring (bicyclic) bond motifs is 5. The van der Waals surface area contributed by atoms with Crippen molar-refractivity contribution < 1.29 is 10.2 Å². The molecule has 0 aromatic carbocycles. The Morgan fingerprint density at radius 3 is 2.32 bits per heavy atom. The molecule has 4 aliphatic carbocycles.